The van der Waals surface area contributed by atoms with Crippen molar-refractivity contribution < 1.29 is 18.0 Å². The molecule has 0 aliphatic carbocycles. The van der Waals surface area contributed by atoms with E-state index in [-0.39, 0.29) is 0 Å². The third-order valence-electron chi connectivity index (χ3n) is 5.10. The Morgan fingerprint density at radius 1 is 1.27 bits per heavy atom. The third-order valence-corrected chi connectivity index (χ3v) is 5.48. The number of nitrogens with zero attached hydrogens (tertiary/aromatic N) is 1. The highest BCUT2D eigenvalue weighted by molar-refractivity contribution is 6.34. The quantitative estimate of drug-likeness (QED) is 0.503. The number of allylic oxidation sites excluding steroid dienone is 4. The van der Waals surface area contributed by atoms with Crippen LogP contribution in [0.5, 0.6) is 0 Å². The van der Waals surface area contributed by atoms with E-state index >= 15 is 0 Å². The standard InChI is InChI=1S/C18H23N.C7H4ClF3N2O/c1-3-8-16(4-2)17-10-7-9-15(13-17)14-18-11-5-6-12-19-18;8-4-3(7(9,10)11)1-2-13-5(4)6(12)14/h3-4,7-10,13,18-19H,1-2,5-6,11-12,14H2;1-2H,(H2,12,14)/b16-8+;. The topological polar surface area (TPSA) is 68.0 Å². The van der Waals surface area contributed by atoms with E-state index in [9.17, 15) is 18.0 Å². The zero-order valence-corrected chi connectivity index (χ0v) is 18.9. The van der Waals surface area contributed by atoms with E-state index in [2.05, 4.69) is 47.7 Å². The number of halogens is 4. The number of aromatic nitrogens is 1. The summed E-state index contributed by atoms with van der Waals surface area (Å²) in [6.07, 6.45) is 6.99. The minimum atomic E-state index is -4.62. The molecule has 0 radical (unpaired) electrons. The van der Waals surface area contributed by atoms with Crippen LogP contribution < -0.4 is 11.1 Å². The summed E-state index contributed by atoms with van der Waals surface area (Å²) >= 11 is 5.31. The van der Waals surface area contributed by atoms with E-state index in [1.54, 1.807) is 0 Å². The Kier molecular flexibility index (Phi) is 9.88. The highest BCUT2D eigenvalue weighted by Crippen LogP contribution is 2.35. The van der Waals surface area contributed by atoms with Crippen molar-refractivity contribution in [2.45, 2.75) is 37.9 Å². The summed E-state index contributed by atoms with van der Waals surface area (Å²) < 4.78 is 36.7. The van der Waals surface area contributed by atoms with Crippen LogP contribution in [-0.2, 0) is 12.6 Å². The van der Waals surface area contributed by atoms with Crippen LogP contribution in [0.3, 0.4) is 0 Å². The average molecular weight is 478 g/mol. The van der Waals surface area contributed by atoms with E-state index in [1.165, 1.54) is 36.9 Å². The molecule has 2 heterocycles. The molecule has 3 N–H and O–H groups in total. The average Bonchev–Trinajstić information content (AvgIpc) is 2.78. The number of piperidine rings is 1. The maximum Gasteiger partial charge on any atom is 0.417 e. The molecule has 0 bridgehead atoms. The van der Waals surface area contributed by atoms with Gasteiger partial charge in [0.05, 0.1) is 10.6 Å². The van der Waals surface area contributed by atoms with Gasteiger partial charge in [-0.05, 0) is 48.6 Å². The summed E-state index contributed by atoms with van der Waals surface area (Å²) in [6, 6.07) is 10.1. The van der Waals surface area contributed by atoms with Crippen molar-refractivity contribution >= 4 is 23.1 Å². The zero-order chi connectivity index (χ0) is 24.4. The molecule has 1 saturated heterocycles. The first-order chi connectivity index (χ1) is 15.7. The maximum atomic E-state index is 12.2. The van der Waals surface area contributed by atoms with Crippen LogP contribution in [0.4, 0.5) is 13.2 Å². The van der Waals surface area contributed by atoms with Crippen LogP contribution in [0, 0.1) is 0 Å². The maximum absolute atomic E-state index is 12.2. The number of benzene rings is 1. The second-order valence-electron chi connectivity index (χ2n) is 7.50. The number of alkyl halides is 3. The van der Waals surface area contributed by atoms with Crippen LogP contribution >= 0.6 is 11.6 Å². The first kappa shape index (κ1) is 26.4. The van der Waals surface area contributed by atoms with Crippen molar-refractivity contribution in [2.75, 3.05) is 6.54 Å². The number of carbonyl (C=O) groups excluding carboxylic acids is 1. The monoisotopic (exact) mass is 477 g/mol. The van der Waals surface area contributed by atoms with Crippen LogP contribution in [0.2, 0.25) is 5.02 Å². The Morgan fingerprint density at radius 2 is 2.03 bits per heavy atom. The smallest absolute Gasteiger partial charge is 0.364 e. The van der Waals surface area contributed by atoms with Crippen LogP contribution in [0.15, 0.2) is 67.9 Å². The summed E-state index contributed by atoms with van der Waals surface area (Å²) in [7, 11) is 0. The SMILES string of the molecule is C=C/C=C(\C=C)c1cccc(CC2CCCCN2)c1.NC(=O)c1nccc(C(F)(F)F)c1Cl. The zero-order valence-electron chi connectivity index (χ0n) is 18.2. The molecule has 4 nitrogen and oxygen atoms in total. The van der Waals surface area contributed by atoms with Crippen molar-refractivity contribution in [3.63, 3.8) is 0 Å². The molecule has 33 heavy (non-hydrogen) atoms. The van der Waals surface area contributed by atoms with Gasteiger partial charge in [-0.25, -0.2) is 4.98 Å². The molecule has 176 valence electrons. The van der Waals surface area contributed by atoms with Gasteiger partial charge >= 0.3 is 6.18 Å². The van der Waals surface area contributed by atoms with Gasteiger partial charge in [0.25, 0.3) is 5.91 Å². The molecule has 1 aliphatic heterocycles. The second-order valence-corrected chi connectivity index (χ2v) is 7.87. The lowest BCUT2D eigenvalue weighted by Crippen LogP contribution is -2.35. The minimum absolute atomic E-state index is 0.582. The highest BCUT2D eigenvalue weighted by atomic mass is 35.5. The minimum Gasteiger partial charge on any atom is -0.364 e. The van der Waals surface area contributed by atoms with Crippen molar-refractivity contribution in [3.8, 4) is 0 Å². The number of nitrogens with two attached hydrogens (primary N) is 1. The van der Waals surface area contributed by atoms with Crippen molar-refractivity contribution in [3.05, 3.63) is 95.3 Å². The normalized spacial score (nSPS) is 16.4. The molecule has 8 heteroatoms. The predicted octanol–water partition coefficient (Wildman–Crippen LogP) is 5.98. The molecular weight excluding hydrogens is 451 g/mol. The highest BCUT2D eigenvalue weighted by Gasteiger charge is 2.34. The molecular formula is C25H27ClF3N3O. The fraction of sp³-hybridized carbons (Fsp3) is 0.280. The number of amides is 1. The molecule has 1 aromatic carbocycles. The Bertz CT molecular complexity index is 1010. The molecule has 0 spiro atoms. The van der Waals surface area contributed by atoms with E-state index in [4.69, 9.17) is 17.3 Å². The van der Waals surface area contributed by atoms with Gasteiger partial charge in [0.2, 0.25) is 0 Å². The fourth-order valence-corrected chi connectivity index (χ4v) is 3.82. The second kappa shape index (κ2) is 12.4. The molecule has 1 unspecified atom stereocenters. The Balaban J connectivity index is 0.000000245. The summed E-state index contributed by atoms with van der Waals surface area (Å²) in [5, 5.41) is 2.83. The number of rotatable bonds is 6. The van der Waals surface area contributed by atoms with E-state index in [0.717, 1.165) is 18.2 Å². The lowest BCUT2D eigenvalue weighted by atomic mass is 9.95. The summed E-state index contributed by atoms with van der Waals surface area (Å²) in [6.45, 7) is 8.79. The van der Waals surface area contributed by atoms with Crippen molar-refractivity contribution in [1.29, 1.82) is 0 Å². The molecule has 1 fully saturated rings. The predicted molar refractivity (Wildman–Crippen MR) is 127 cm³/mol. The summed E-state index contributed by atoms with van der Waals surface area (Å²) in [5.74, 6) is -1.10. The van der Waals surface area contributed by atoms with Crippen molar-refractivity contribution in [2.24, 2.45) is 5.73 Å². The van der Waals surface area contributed by atoms with Gasteiger partial charge in [0.15, 0.2) is 0 Å². The van der Waals surface area contributed by atoms with Crippen LogP contribution in [0.1, 0.15) is 46.4 Å². The number of carbonyl (C=O) groups is 1. The van der Waals surface area contributed by atoms with Gasteiger partial charge < -0.3 is 11.1 Å². The molecule has 1 atom stereocenters. The van der Waals surface area contributed by atoms with E-state index in [0.29, 0.717) is 12.1 Å². The lowest BCUT2D eigenvalue weighted by Gasteiger charge is -2.23. The van der Waals surface area contributed by atoms with Gasteiger partial charge in [-0.1, -0.05) is 73.7 Å². The largest absolute Gasteiger partial charge is 0.417 e. The van der Waals surface area contributed by atoms with Gasteiger partial charge in [-0.3, -0.25) is 4.79 Å². The molecule has 1 aromatic heterocycles. The third kappa shape index (κ3) is 7.87. The Hall–Kier alpha value is -2.90. The number of nitrogens with one attached hydrogen (secondary N) is 1. The summed E-state index contributed by atoms with van der Waals surface area (Å²) in [4.78, 5) is 14.0. The van der Waals surface area contributed by atoms with Gasteiger partial charge in [0.1, 0.15) is 5.69 Å². The van der Waals surface area contributed by atoms with Gasteiger partial charge in [0, 0.05) is 12.2 Å². The van der Waals surface area contributed by atoms with Gasteiger partial charge in [-0.2, -0.15) is 13.2 Å². The Morgan fingerprint density at radius 3 is 2.61 bits per heavy atom. The summed E-state index contributed by atoms with van der Waals surface area (Å²) in [5.41, 5.74) is 6.82. The molecule has 1 amide bonds. The number of primary amides is 1. The van der Waals surface area contributed by atoms with Crippen LogP contribution in [0.25, 0.3) is 5.57 Å². The molecule has 0 saturated carbocycles. The number of hydrogen-bond acceptors (Lipinski definition) is 3. The molecule has 3 rings (SSSR count). The number of pyridine rings is 1. The molecule has 1 aliphatic rings. The fourth-order valence-electron chi connectivity index (χ4n) is 3.50. The number of hydrogen-bond donors (Lipinski definition) is 2. The van der Waals surface area contributed by atoms with Crippen LogP contribution in [-0.4, -0.2) is 23.5 Å². The van der Waals surface area contributed by atoms with E-state index in [1.807, 2.05) is 18.2 Å². The lowest BCUT2D eigenvalue weighted by molar-refractivity contribution is -0.137. The van der Waals surface area contributed by atoms with Gasteiger partial charge in [-0.15, -0.1) is 0 Å². The molecule has 2 aromatic rings. The van der Waals surface area contributed by atoms with E-state index < -0.39 is 28.4 Å². The first-order valence-electron chi connectivity index (χ1n) is 10.5. The van der Waals surface area contributed by atoms with Crippen molar-refractivity contribution in [1.82, 2.24) is 10.3 Å². The first-order valence-corrected chi connectivity index (χ1v) is 10.8. The Labute approximate surface area is 197 Å².